The third-order valence-corrected chi connectivity index (χ3v) is 4.36. The Balaban J connectivity index is 1.85. The fraction of sp³-hybridized carbons (Fsp3) is 0.588. The van der Waals surface area contributed by atoms with Crippen molar-refractivity contribution in [2.75, 3.05) is 24.5 Å². The average Bonchev–Trinajstić information content (AvgIpc) is 2.91. The van der Waals surface area contributed by atoms with E-state index in [0.29, 0.717) is 6.54 Å². The summed E-state index contributed by atoms with van der Waals surface area (Å²) in [6.45, 7) is 6.59. The summed E-state index contributed by atoms with van der Waals surface area (Å²) in [5, 5.41) is 3.01. The Hall–Kier alpha value is -1.55. The summed E-state index contributed by atoms with van der Waals surface area (Å²) in [4.78, 5) is 14.4. The van der Waals surface area contributed by atoms with Gasteiger partial charge in [-0.3, -0.25) is 4.79 Å². The Labute approximate surface area is 127 Å². The van der Waals surface area contributed by atoms with Gasteiger partial charge in [-0.2, -0.15) is 0 Å². The summed E-state index contributed by atoms with van der Waals surface area (Å²) < 4.78 is 0. The number of nitrogens with two attached hydrogens (primary N) is 1. The van der Waals surface area contributed by atoms with Crippen molar-refractivity contribution in [2.24, 2.45) is 5.73 Å². The van der Waals surface area contributed by atoms with Gasteiger partial charge in [0.15, 0.2) is 0 Å². The molecule has 4 nitrogen and oxygen atoms in total. The molecule has 0 unspecified atom stereocenters. The van der Waals surface area contributed by atoms with Gasteiger partial charge in [-0.1, -0.05) is 25.0 Å². The Kier molecular flexibility index (Phi) is 5.23. The third kappa shape index (κ3) is 3.97. The van der Waals surface area contributed by atoms with Crippen LogP contribution in [0.15, 0.2) is 24.3 Å². The first kappa shape index (κ1) is 15.8. The van der Waals surface area contributed by atoms with Crippen molar-refractivity contribution in [2.45, 2.75) is 45.1 Å². The maximum atomic E-state index is 12.2. The Morgan fingerprint density at radius 1 is 1.38 bits per heavy atom. The van der Waals surface area contributed by atoms with Crippen LogP contribution in [0, 0.1) is 6.92 Å². The SMILES string of the molecule is CCN(CCNC(=O)C1(N)CCCC1)c1cccc(C)c1. The number of anilines is 1. The Morgan fingerprint density at radius 3 is 2.71 bits per heavy atom. The molecule has 1 fully saturated rings. The highest BCUT2D eigenvalue weighted by Crippen LogP contribution is 2.27. The molecule has 0 saturated heterocycles. The summed E-state index contributed by atoms with van der Waals surface area (Å²) in [5.41, 5.74) is 7.99. The van der Waals surface area contributed by atoms with Gasteiger partial charge in [0, 0.05) is 25.3 Å². The summed E-state index contributed by atoms with van der Waals surface area (Å²) in [7, 11) is 0. The molecule has 1 aliphatic carbocycles. The van der Waals surface area contributed by atoms with Crippen LogP contribution in [0.1, 0.15) is 38.2 Å². The second-order valence-electron chi connectivity index (χ2n) is 6.04. The monoisotopic (exact) mass is 289 g/mol. The molecule has 0 radical (unpaired) electrons. The van der Waals surface area contributed by atoms with Crippen molar-refractivity contribution in [1.29, 1.82) is 0 Å². The number of hydrogen-bond donors (Lipinski definition) is 2. The average molecular weight is 289 g/mol. The molecule has 3 N–H and O–H groups in total. The van der Waals surface area contributed by atoms with Crippen LogP contribution in [0.4, 0.5) is 5.69 Å². The first-order valence-electron chi connectivity index (χ1n) is 7.94. The highest BCUT2D eigenvalue weighted by atomic mass is 16.2. The lowest BCUT2D eigenvalue weighted by Crippen LogP contribution is -2.53. The molecule has 1 aromatic rings. The van der Waals surface area contributed by atoms with E-state index in [0.717, 1.165) is 38.8 Å². The van der Waals surface area contributed by atoms with Crippen LogP contribution in [-0.2, 0) is 4.79 Å². The van der Waals surface area contributed by atoms with Crippen LogP contribution in [0.25, 0.3) is 0 Å². The number of carbonyl (C=O) groups is 1. The third-order valence-electron chi connectivity index (χ3n) is 4.36. The van der Waals surface area contributed by atoms with Gasteiger partial charge in [0.05, 0.1) is 5.54 Å². The Bertz CT molecular complexity index is 481. The largest absolute Gasteiger partial charge is 0.370 e. The van der Waals surface area contributed by atoms with Gasteiger partial charge >= 0.3 is 0 Å². The van der Waals surface area contributed by atoms with E-state index in [4.69, 9.17) is 5.73 Å². The number of nitrogens with one attached hydrogen (secondary N) is 1. The lowest BCUT2D eigenvalue weighted by molar-refractivity contribution is -0.126. The van der Waals surface area contributed by atoms with Gasteiger partial charge in [-0.15, -0.1) is 0 Å². The van der Waals surface area contributed by atoms with E-state index in [-0.39, 0.29) is 5.91 Å². The minimum Gasteiger partial charge on any atom is -0.370 e. The lowest BCUT2D eigenvalue weighted by atomic mass is 9.98. The molecular formula is C17H27N3O. The molecule has 1 aliphatic rings. The molecule has 116 valence electrons. The summed E-state index contributed by atoms with van der Waals surface area (Å²) in [5.74, 6) is 0.0142. The zero-order valence-corrected chi connectivity index (χ0v) is 13.2. The molecule has 1 saturated carbocycles. The van der Waals surface area contributed by atoms with Gasteiger partial charge in [0.1, 0.15) is 0 Å². The van der Waals surface area contributed by atoms with Crippen molar-refractivity contribution < 1.29 is 4.79 Å². The maximum absolute atomic E-state index is 12.2. The molecule has 1 aromatic carbocycles. The normalized spacial score (nSPS) is 16.7. The van der Waals surface area contributed by atoms with E-state index in [1.54, 1.807) is 0 Å². The van der Waals surface area contributed by atoms with Crippen LogP contribution in [0.5, 0.6) is 0 Å². The van der Waals surface area contributed by atoms with E-state index >= 15 is 0 Å². The number of aryl methyl sites for hydroxylation is 1. The second-order valence-corrected chi connectivity index (χ2v) is 6.04. The zero-order chi connectivity index (χ0) is 15.3. The molecule has 21 heavy (non-hydrogen) atoms. The quantitative estimate of drug-likeness (QED) is 0.844. The van der Waals surface area contributed by atoms with Crippen molar-refractivity contribution in [1.82, 2.24) is 5.32 Å². The summed E-state index contributed by atoms with van der Waals surface area (Å²) in [6.07, 6.45) is 3.75. The van der Waals surface area contributed by atoms with Crippen LogP contribution < -0.4 is 16.0 Å². The molecule has 1 amide bonds. The molecular weight excluding hydrogens is 262 g/mol. The zero-order valence-electron chi connectivity index (χ0n) is 13.2. The minimum absolute atomic E-state index is 0.0142. The van der Waals surface area contributed by atoms with E-state index < -0.39 is 5.54 Å². The molecule has 0 atom stereocenters. The molecule has 0 spiro atoms. The van der Waals surface area contributed by atoms with Crippen molar-refractivity contribution in [3.8, 4) is 0 Å². The number of carbonyl (C=O) groups excluding carboxylic acids is 1. The fourth-order valence-corrected chi connectivity index (χ4v) is 3.01. The smallest absolute Gasteiger partial charge is 0.240 e. The van der Waals surface area contributed by atoms with E-state index in [1.165, 1.54) is 11.3 Å². The number of likely N-dealkylation sites (N-methyl/N-ethyl adjacent to an activating group) is 1. The molecule has 0 aromatic heterocycles. The predicted octanol–water partition coefficient (Wildman–Crippen LogP) is 2.21. The summed E-state index contributed by atoms with van der Waals surface area (Å²) >= 11 is 0. The van der Waals surface area contributed by atoms with Gasteiger partial charge in [-0.05, 0) is 44.4 Å². The molecule has 4 heteroatoms. The highest BCUT2D eigenvalue weighted by molar-refractivity contribution is 5.86. The topological polar surface area (TPSA) is 58.4 Å². The standard InChI is InChI=1S/C17H27N3O/c1-3-20(15-8-6-7-14(2)13-15)12-11-19-16(21)17(18)9-4-5-10-17/h6-8,13H,3-5,9-12,18H2,1-2H3,(H,19,21). The number of nitrogens with zero attached hydrogens (tertiary/aromatic N) is 1. The summed E-state index contributed by atoms with van der Waals surface area (Å²) in [6, 6.07) is 8.45. The van der Waals surface area contributed by atoms with Gasteiger partial charge in [0.2, 0.25) is 5.91 Å². The van der Waals surface area contributed by atoms with E-state index in [9.17, 15) is 4.79 Å². The van der Waals surface area contributed by atoms with Crippen LogP contribution in [0.2, 0.25) is 0 Å². The van der Waals surface area contributed by atoms with E-state index in [1.807, 2.05) is 0 Å². The van der Waals surface area contributed by atoms with Crippen molar-refractivity contribution in [3.63, 3.8) is 0 Å². The number of amides is 1. The first-order valence-corrected chi connectivity index (χ1v) is 7.94. The number of benzene rings is 1. The molecule has 0 bridgehead atoms. The predicted molar refractivity (Wildman–Crippen MR) is 87.5 cm³/mol. The van der Waals surface area contributed by atoms with E-state index in [2.05, 4.69) is 48.3 Å². The second kappa shape index (κ2) is 6.94. The highest BCUT2D eigenvalue weighted by Gasteiger charge is 2.36. The van der Waals surface area contributed by atoms with Crippen LogP contribution in [0.3, 0.4) is 0 Å². The Morgan fingerprint density at radius 2 is 2.10 bits per heavy atom. The van der Waals surface area contributed by atoms with Crippen LogP contribution >= 0.6 is 0 Å². The molecule has 0 heterocycles. The fourth-order valence-electron chi connectivity index (χ4n) is 3.01. The molecule has 0 aliphatic heterocycles. The van der Waals surface area contributed by atoms with Gasteiger partial charge < -0.3 is 16.0 Å². The van der Waals surface area contributed by atoms with Gasteiger partial charge in [-0.25, -0.2) is 0 Å². The minimum atomic E-state index is -0.625. The molecule has 2 rings (SSSR count). The van der Waals surface area contributed by atoms with Crippen LogP contribution in [-0.4, -0.2) is 31.1 Å². The van der Waals surface area contributed by atoms with Gasteiger partial charge in [0.25, 0.3) is 0 Å². The van der Waals surface area contributed by atoms with Crippen molar-refractivity contribution >= 4 is 11.6 Å². The number of hydrogen-bond acceptors (Lipinski definition) is 3. The number of rotatable bonds is 6. The maximum Gasteiger partial charge on any atom is 0.240 e. The van der Waals surface area contributed by atoms with Crippen molar-refractivity contribution in [3.05, 3.63) is 29.8 Å². The lowest BCUT2D eigenvalue weighted by Gasteiger charge is -2.26. The first-order chi connectivity index (χ1) is 10.0.